The van der Waals surface area contributed by atoms with Crippen LogP contribution in [-0.2, 0) is 0 Å². The second-order valence-electron chi connectivity index (χ2n) is 7.17. The number of aromatic hydroxyl groups is 1. The number of amides is 2. The molecule has 1 heterocycles. The van der Waals surface area contributed by atoms with Gasteiger partial charge in [-0.3, -0.25) is 9.59 Å². The van der Waals surface area contributed by atoms with E-state index in [9.17, 15) is 14.7 Å². The molecular weight excluding hydrogens is 398 g/mol. The third-order valence-corrected chi connectivity index (χ3v) is 5.84. The second kappa shape index (κ2) is 9.54. The Morgan fingerprint density at radius 1 is 1.00 bits per heavy atom. The molecule has 2 aromatic carbocycles. The van der Waals surface area contributed by atoms with E-state index in [1.165, 1.54) is 29.0 Å². The van der Waals surface area contributed by atoms with Crippen molar-refractivity contribution >= 4 is 23.2 Å². The number of benzene rings is 2. The second-order valence-corrected chi connectivity index (χ2v) is 8.17. The summed E-state index contributed by atoms with van der Waals surface area (Å²) in [5, 5.41) is 15.9. The van der Waals surface area contributed by atoms with Crippen molar-refractivity contribution in [2.75, 3.05) is 13.1 Å². The van der Waals surface area contributed by atoms with Gasteiger partial charge in [0.2, 0.25) is 0 Å². The number of nitrogens with one attached hydrogen (secondary N) is 2. The summed E-state index contributed by atoms with van der Waals surface area (Å²) in [5.41, 5.74) is 4.49. The number of carbonyl (C=O) groups is 2. The predicted octanol–water partition coefficient (Wildman–Crippen LogP) is 3.99. The minimum absolute atomic E-state index is 0.0510. The highest BCUT2D eigenvalue weighted by molar-refractivity contribution is 7.17. The number of nitrogens with zero attached hydrogens (tertiary/aromatic N) is 1. The van der Waals surface area contributed by atoms with Crippen LogP contribution in [0.2, 0.25) is 0 Å². The van der Waals surface area contributed by atoms with E-state index >= 15 is 0 Å². The molecule has 0 unspecified atom stereocenters. The average Bonchev–Trinajstić information content (AvgIpc) is 3.08. The zero-order valence-electron chi connectivity index (χ0n) is 17.3. The molecule has 0 aliphatic carbocycles. The number of carbonyl (C=O) groups excluding carboxylic acids is 2. The van der Waals surface area contributed by atoms with Crippen molar-refractivity contribution < 1.29 is 14.7 Å². The molecule has 30 heavy (non-hydrogen) atoms. The van der Waals surface area contributed by atoms with Gasteiger partial charge in [-0.1, -0.05) is 29.8 Å². The highest BCUT2D eigenvalue weighted by atomic mass is 32.1. The first-order chi connectivity index (χ1) is 14.3. The van der Waals surface area contributed by atoms with Gasteiger partial charge in [-0.15, -0.1) is 11.3 Å². The molecule has 0 atom stereocenters. The number of hydrogen-bond donors (Lipinski definition) is 3. The zero-order chi connectivity index (χ0) is 21.7. The van der Waals surface area contributed by atoms with Gasteiger partial charge in [-0.25, -0.2) is 4.98 Å². The highest BCUT2D eigenvalue weighted by Crippen LogP contribution is 2.30. The van der Waals surface area contributed by atoms with Gasteiger partial charge >= 0.3 is 0 Å². The number of aryl methyl sites for hydroxylation is 3. The maximum absolute atomic E-state index is 12.5. The Labute approximate surface area is 180 Å². The zero-order valence-corrected chi connectivity index (χ0v) is 18.1. The van der Waals surface area contributed by atoms with E-state index in [2.05, 4.69) is 28.6 Å². The summed E-state index contributed by atoms with van der Waals surface area (Å²) >= 11 is 1.39. The van der Waals surface area contributed by atoms with Crippen LogP contribution in [0, 0.1) is 20.8 Å². The first-order valence-corrected chi connectivity index (χ1v) is 10.6. The van der Waals surface area contributed by atoms with Crippen LogP contribution in [-0.4, -0.2) is 35.0 Å². The normalized spacial score (nSPS) is 10.6. The summed E-state index contributed by atoms with van der Waals surface area (Å²) in [6.07, 6.45) is 0.595. The fourth-order valence-electron chi connectivity index (χ4n) is 3.10. The smallest absolute Gasteiger partial charge is 0.263 e. The minimum Gasteiger partial charge on any atom is -0.508 e. The summed E-state index contributed by atoms with van der Waals surface area (Å²) in [6.45, 7) is 6.80. The fraction of sp³-hybridized carbons (Fsp3) is 0.261. The monoisotopic (exact) mass is 423 g/mol. The van der Waals surface area contributed by atoms with Gasteiger partial charge in [0.25, 0.3) is 11.8 Å². The van der Waals surface area contributed by atoms with Gasteiger partial charge < -0.3 is 15.7 Å². The van der Waals surface area contributed by atoms with Crippen molar-refractivity contribution in [3.8, 4) is 16.3 Å². The molecule has 7 heteroatoms. The summed E-state index contributed by atoms with van der Waals surface area (Å²) in [6, 6.07) is 12.4. The highest BCUT2D eigenvalue weighted by Gasteiger charge is 2.17. The Morgan fingerprint density at radius 2 is 1.73 bits per heavy atom. The molecule has 6 nitrogen and oxygen atoms in total. The number of phenolic OH excluding ortho intramolecular Hbond substituents is 1. The lowest BCUT2D eigenvalue weighted by Gasteiger charge is -2.07. The molecule has 156 valence electrons. The molecule has 3 rings (SSSR count). The van der Waals surface area contributed by atoms with Crippen LogP contribution < -0.4 is 10.6 Å². The summed E-state index contributed by atoms with van der Waals surface area (Å²) < 4.78 is 0. The van der Waals surface area contributed by atoms with Gasteiger partial charge in [-0.2, -0.15) is 0 Å². The number of aromatic nitrogens is 1. The van der Waals surface area contributed by atoms with E-state index in [-0.39, 0.29) is 17.6 Å². The van der Waals surface area contributed by atoms with Crippen molar-refractivity contribution in [3.05, 3.63) is 69.7 Å². The summed E-state index contributed by atoms with van der Waals surface area (Å²) in [5.74, 6) is -0.357. The van der Waals surface area contributed by atoms with Crippen LogP contribution >= 0.6 is 11.3 Å². The van der Waals surface area contributed by atoms with Crippen LogP contribution in [0.15, 0.2) is 42.5 Å². The number of thiazole rings is 1. The molecule has 3 N–H and O–H groups in total. The van der Waals surface area contributed by atoms with Crippen molar-refractivity contribution in [1.82, 2.24) is 15.6 Å². The quantitative estimate of drug-likeness (QED) is 0.501. The molecule has 2 amide bonds. The van der Waals surface area contributed by atoms with Crippen LogP contribution in [0.4, 0.5) is 0 Å². The number of rotatable bonds is 7. The van der Waals surface area contributed by atoms with Crippen LogP contribution in [0.5, 0.6) is 5.75 Å². The van der Waals surface area contributed by atoms with E-state index in [4.69, 9.17) is 0 Å². The van der Waals surface area contributed by atoms with E-state index in [1.807, 2.05) is 26.0 Å². The number of phenols is 1. The molecule has 0 aliphatic heterocycles. The van der Waals surface area contributed by atoms with Crippen LogP contribution in [0.25, 0.3) is 10.6 Å². The molecule has 0 saturated heterocycles. The Balaban J connectivity index is 1.51. The molecular formula is C23H25N3O3S. The van der Waals surface area contributed by atoms with Gasteiger partial charge in [0.05, 0.1) is 5.69 Å². The maximum atomic E-state index is 12.5. The molecule has 0 aliphatic rings. The lowest BCUT2D eigenvalue weighted by atomic mass is 10.1. The third kappa shape index (κ3) is 5.24. The standard InChI is InChI=1S/C23H25N3O3S/c1-14-8-9-19(15(2)12-14)23-26-16(3)20(30-23)22(29)25-11-5-10-24-21(28)17-6-4-7-18(27)13-17/h4,6-9,12-13,27H,5,10-11H2,1-3H3,(H,24,28)(H,25,29). The van der Waals surface area contributed by atoms with Gasteiger partial charge in [0, 0.05) is 24.2 Å². The minimum atomic E-state index is -0.256. The maximum Gasteiger partial charge on any atom is 0.263 e. The van der Waals surface area contributed by atoms with Crippen molar-refractivity contribution in [2.24, 2.45) is 0 Å². The van der Waals surface area contributed by atoms with E-state index in [1.54, 1.807) is 12.1 Å². The Morgan fingerprint density at radius 3 is 2.43 bits per heavy atom. The Bertz CT molecular complexity index is 1080. The molecule has 0 radical (unpaired) electrons. The lowest BCUT2D eigenvalue weighted by Crippen LogP contribution is -2.29. The molecule has 0 bridgehead atoms. The van der Waals surface area contributed by atoms with E-state index in [0.717, 1.165) is 16.1 Å². The van der Waals surface area contributed by atoms with Crippen LogP contribution in [0.1, 0.15) is 43.3 Å². The first-order valence-electron chi connectivity index (χ1n) is 9.75. The van der Waals surface area contributed by atoms with Gasteiger partial charge in [-0.05, 0) is 51.0 Å². The van der Waals surface area contributed by atoms with Crippen molar-refractivity contribution in [2.45, 2.75) is 27.2 Å². The number of hydrogen-bond acceptors (Lipinski definition) is 5. The Hall–Kier alpha value is -3.19. The van der Waals surface area contributed by atoms with Gasteiger partial charge in [0.1, 0.15) is 15.6 Å². The van der Waals surface area contributed by atoms with E-state index in [0.29, 0.717) is 35.6 Å². The summed E-state index contributed by atoms with van der Waals surface area (Å²) in [4.78, 5) is 29.8. The average molecular weight is 424 g/mol. The largest absolute Gasteiger partial charge is 0.508 e. The molecule has 0 spiro atoms. The van der Waals surface area contributed by atoms with E-state index < -0.39 is 0 Å². The molecule has 1 aromatic heterocycles. The van der Waals surface area contributed by atoms with Gasteiger partial charge in [0.15, 0.2) is 0 Å². The predicted molar refractivity (Wildman–Crippen MR) is 119 cm³/mol. The SMILES string of the molecule is Cc1ccc(-c2nc(C)c(C(=O)NCCCNC(=O)c3cccc(O)c3)s2)c(C)c1. The topological polar surface area (TPSA) is 91.3 Å². The van der Waals surface area contributed by atoms with Crippen molar-refractivity contribution in [1.29, 1.82) is 0 Å². The molecule has 3 aromatic rings. The van der Waals surface area contributed by atoms with Crippen LogP contribution in [0.3, 0.4) is 0 Å². The summed E-state index contributed by atoms with van der Waals surface area (Å²) in [7, 11) is 0. The Kier molecular flexibility index (Phi) is 6.84. The molecule has 0 saturated carbocycles. The molecule has 0 fully saturated rings. The lowest BCUT2D eigenvalue weighted by molar-refractivity contribution is 0.0952. The first kappa shape index (κ1) is 21.5. The fourth-order valence-corrected chi connectivity index (χ4v) is 4.17. The van der Waals surface area contributed by atoms with Crippen molar-refractivity contribution in [3.63, 3.8) is 0 Å². The third-order valence-electron chi connectivity index (χ3n) is 4.65.